The summed E-state index contributed by atoms with van der Waals surface area (Å²) in [6, 6.07) is 5.91. The fourth-order valence-electron chi connectivity index (χ4n) is 2.75. The van der Waals surface area contributed by atoms with Crippen LogP contribution in [0.5, 0.6) is 0 Å². The highest BCUT2D eigenvalue weighted by Gasteiger charge is 2.26. The van der Waals surface area contributed by atoms with Gasteiger partial charge in [0.25, 0.3) is 5.91 Å². The zero-order valence-corrected chi connectivity index (χ0v) is 14.5. The van der Waals surface area contributed by atoms with Gasteiger partial charge in [-0.3, -0.25) is 14.9 Å². The number of anilines is 2. The zero-order chi connectivity index (χ0) is 18.3. The quantitative estimate of drug-likeness (QED) is 0.681. The molecule has 0 unspecified atom stereocenters. The number of Topliss-reactive ketones (excluding diaryl/α,β-unsaturated/α-hetero) is 1. The minimum atomic E-state index is -0.761. The number of ketones is 1. The van der Waals surface area contributed by atoms with Crippen molar-refractivity contribution in [1.29, 1.82) is 0 Å². The first kappa shape index (κ1) is 16.8. The average molecular weight is 341 g/mol. The highest BCUT2D eigenvalue weighted by molar-refractivity contribution is 6.10. The number of oxazole rings is 1. The van der Waals surface area contributed by atoms with Crippen molar-refractivity contribution in [2.24, 2.45) is 5.73 Å². The van der Waals surface area contributed by atoms with Crippen LogP contribution in [0.15, 0.2) is 27.0 Å². The Labute approximate surface area is 144 Å². The summed E-state index contributed by atoms with van der Waals surface area (Å²) in [7, 11) is 0. The molecule has 0 spiro atoms. The number of furan rings is 1. The van der Waals surface area contributed by atoms with Gasteiger partial charge in [-0.15, -0.1) is 0 Å². The van der Waals surface area contributed by atoms with Crippen molar-refractivity contribution >= 4 is 34.7 Å². The summed E-state index contributed by atoms with van der Waals surface area (Å²) in [4.78, 5) is 27.9. The van der Waals surface area contributed by atoms with Gasteiger partial charge in [0, 0.05) is 0 Å². The summed E-state index contributed by atoms with van der Waals surface area (Å²) in [5.74, 6) is -0.345. The van der Waals surface area contributed by atoms with Gasteiger partial charge >= 0.3 is 6.01 Å². The summed E-state index contributed by atoms with van der Waals surface area (Å²) in [5, 5.41) is 2.81. The number of nitrogens with two attached hydrogens (primary N) is 1. The van der Waals surface area contributed by atoms with Crippen LogP contribution in [-0.2, 0) is 0 Å². The van der Waals surface area contributed by atoms with Gasteiger partial charge in [0.2, 0.25) is 5.88 Å². The molecule has 0 saturated heterocycles. The standard InChI is InChI=1S/C18H19N3O4/c1-8(2)11-5-6-13-12(7-11)20-18(25-13)21-17-15(16(19)23)14(9(3)22)10(4)24-17/h5-8H,1-4H3,(H2,19,23)(H,20,21). The largest absolute Gasteiger partial charge is 0.444 e. The molecule has 3 aromatic rings. The van der Waals surface area contributed by atoms with E-state index >= 15 is 0 Å². The van der Waals surface area contributed by atoms with E-state index in [1.807, 2.05) is 18.2 Å². The van der Waals surface area contributed by atoms with Crippen molar-refractivity contribution in [1.82, 2.24) is 4.98 Å². The molecule has 0 aliphatic carbocycles. The summed E-state index contributed by atoms with van der Waals surface area (Å²) in [6.45, 7) is 7.12. The van der Waals surface area contributed by atoms with Crippen LogP contribution in [0.3, 0.4) is 0 Å². The minimum absolute atomic E-state index is 0.00451. The molecule has 3 N–H and O–H groups in total. The molecule has 0 aliphatic heterocycles. The van der Waals surface area contributed by atoms with Crippen LogP contribution in [0.4, 0.5) is 11.9 Å². The van der Waals surface area contributed by atoms with Gasteiger partial charge in [-0.1, -0.05) is 19.9 Å². The normalized spacial score (nSPS) is 11.2. The van der Waals surface area contributed by atoms with Gasteiger partial charge in [0.1, 0.15) is 16.8 Å². The molecule has 1 aromatic carbocycles. The monoisotopic (exact) mass is 341 g/mol. The molecular formula is C18H19N3O4. The number of carbonyl (C=O) groups is 2. The van der Waals surface area contributed by atoms with E-state index in [4.69, 9.17) is 14.6 Å². The van der Waals surface area contributed by atoms with Crippen molar-refractivity contribution < 1.29 is 18.4 Å². The molecule has 3 rings (SSSR count). The summed E-state index contributed by atoms with van der Waals surface area (Å²) < 4.78 is 11.1. The molecule has 0 saturated carbocycles. The molecule has 0 bridgehead atoms. The molecule has 0 radical (unpaired) electrons. The molecule has 0 aliphatic rings. The lowest BCUT2D eigenvalue weighted by Gasteiger charge is -2.02. The number of fused-ring (bicyclic) bond motifs is 1. The number of aryl methyl sites for hydroxylation is 1. The maximum atomic E-state index is 11.8. The first-order valence-corrected chi connectivity index (χ1v) is 7.89. The summed E-state index contributed by atoms with van der Waals surface area (Å²) in [5.41, 5.74) is 7.98. The van der Waals surface area contributed by atoms with Crippen LogP contribution >= 0.6 is 0 Å². The molecule has 2 heterocycles. The van der Waals surface area contributed by atoms with E-state index < -0.39 is 5.91 Å². The Kier molecular flexibility index (Phi) is 4.08. The first-order valence-electron chi connectivity index (χ1n) is 7.89. The van der Waals surface area contributed by atoms with Gasteiger partial charge in [-0.25, -0.2) is 0 Å². The van der Waals surface area contributed by atoms with Gasteiger partial charge in [-0.2, -0.15) is 4.98 Å². The molecular weight excluding hydrogens is 322 g/mol. The van der Waals surface area contributed by atoms with E-state index in [0.29, 0.717) is 22.8 Å². The van der Waals surface area contributed by atoms with E-state index in [-0.39, 0.29) is 28.8 Å². The number of primary amides is 1. The second-order valence-electron chi connectivity index (χ2n) is 6.18. The number of aromatic nitrogens is 1. The van der Waals surface area contributed by atoms with Crippen LogP contribution in [0.1, 0.15) is 58.7 Å². The summed E-state index contributed by atoms with van der Waals surface area (Å²) >= 11 is 0. The topological polar surface area (TPSA) is 111 Å². The van der Waals surface area contributed by atoms with Gasteiger partial charge in [0.15, 0.2) is 11.4 Å². The van der Waals surface area contributed by atoms with E-state index in [1.54, 1.807) is 6.92 Å². The molecule has 7 nitrogen and oxygen atoms in total. The molecule has 1 amide bonds. The smallest absolute Gasteiger partial charge is 0.302 e. The van der Waals surface area contributed by atoms with E-state index in [2.05, 4.69) is 24.1 Å². The first-order chi connectivity index (χ1) is 11.8. The number of hydrogen-bond acceptors (Lipinski definition) is 6. The van der Waals surface area contributed by atoms with Gasteiger partial charge in [0.05, 0.1) is 5.56 Å². The van der Waals surface area contributed by atoms with Crippen molar-refractivity contribution in [2.75, 3.05) is 5.32 Å². The van der Waals surface area contributed by atoms with E-state index in [0.717, 1.165) is 5.56 Å². The summed E-state index contributed by atoms with van der Waals surface area (Å²) in [6.07, 6.45) is 0. The number of benzene rings is 1. The second-order valence-corrected chi connectivity index (χ2v) is 6.18. The average Bonchev–Trinajstić information content (AvgIpc) is 3.06. The van der Waals surface area contributed by atoms with Crippen molar-refractivity contribution in [2.45, 2.75) is 33.6 Å². The molecule has 2 aromatic heterocycles. The number of carbonyl (C=O) groups excluding carboxylic acids is 2. The lowest BCUT2D eigenvalue weighted by molar-refractivity contribution is 0.0974. The number of nitrogens with zero attached hydrogens (tertiary/aromatic N) is 1. The van der Waals surface area contributed by atoms with Crippen LogP contribution in [0, 0.1) is 6.92 Å². The fourth-order valence-corrected chi connectivity index (χ4v) is 2.75. The maximum absolute atomic E-state index is 11.8. The van der Waals surface area contributed by atoms with Crippen LogP contribution in [0.25, 0.3) is 11.1 Å². The molecule has 7 heteroatoms. The molecule has 25 heavy (non-hydrogen) atoms. The predicted molar refractivity (Wildman–Crippen MR) is 93.3 cm³/mol. The highest BCUT2D eigenvalue weighted by atomic mass is 16.4. The van der Waals surface area contributed by atoms with Crippen molar-refractivity contribution in [3.05, 3.63) is 40.6 Å². The molecule has 130 valence electrons. The Morgan fingerprint density at radius 1 is 1.20 bits per heavy atom. The third-order valence-corrected chi connectivity index (χ3v) is 3.98. The number of nitrogens with one attached hydrogen (secondary N) is 1. The van der Waals surface area contributed by atoms with Crippen molar-refractivity contribution in [3.8, 4) is 0 Å². The minimum Gasteiger partial charge on any atom is -0.444 e. The number of hydrogen-bond donors (Lipinski definition) is 2. The lowest BCUT2D eigenvalue weighted by Crippen LogP contribution is -2.15. The lowest BCUT2D eigenvalue weighted by atomic mass is 10.0. The molecule has 0 fully saturated rings. The fraction of sp³-hybridized carbons (Fsp3) is 0.278. The zero-order valence-electron chi connectivity index (χ0n) is 14.5. The van der Waals surface area contributed by atoms with E-state index in [1.165, 1.54) is 6.92 Å². The van der Waals surface area contributed by atoms with Gasteiger partial charge < -0.3 is 14.6 Å². The predicted octanol–water partition coefficient (Wildman–Crippen LogP) is 3.90. The maximum Gasteiger partial charge on any atom is 0.302 e. The number of amides is 1. The SMILES string of the molecule is CC(=O)c1c(C)oc(Nc2nc3cc(C(C)C)ccc3o2)c1C(N)=O. The third kappa shape index (κ3) is 3.00. The van der Waals surface area contributed by atoms with Crippen LogP contribution < -0.4 is 11.1 Å². The number of rotatable bonds is 5. The highest BCUT2D eigenvalue weighted by Crippen LogP contribution is 2.31. The second kappa shape index (κ2) is 6.08. The Morgan fingerprint density at radius 2 is 1.92 bits per heavy atom. The Bertz CT molecular complexity index is 982. The van der Waals surface area contributed by atoms with Gasteiger partial charge in [-0.05, 0) is 37.5 Å². The Balaban J connectivity index is 2.03. The molecule has 0 atom stereocenters. The Hall–Kier alpha value is -3.09. The Morgan fingerprint density at radius 3 is 2.52 bits per heavy atom. The third-order valence-electron chi connectivity index (χ3n) is 3.98. The van der Waals surface area contributed by atoms with Crippen molar-refractivity contribution in [3.63, 3.8) is 0 Å². The van der Waals surface area contributed by atoms with Crippen LogP contribution in [-0.4, -0.2) is 16.7 Å². The van der Waals surface area contributed by atoms with Crippen LogP contribution in [0.2, 0.25) is 0 Å². The van der Waals surface area contributed by atoms with E-state index in [9.17, 15) is 9.59 Å².